The van der Waals surface area contributed by atoms with Crippen molar-refractivity contribution in [3.8, 4) is 0 Å². The minimum Gasteiger partial charge on any atom is -0.394 e. The quantitative estimate of drug-likeness (QED) is 0.577. The van der Waals surface area contributed by atoms with Crippen molar-refractivity contribution in [3.05, 3.63) is 24.3 Å². The van der Waals surface area contributed by atoms with Gasteiger partial charge in [-0.3, -0.25) is 0 Å². The normalized spacial score (nSPS) is 7.88. The van der Waals surface area contributed by atoms with E-state index in [1.807, 2.05) is 0 Å². The third-order valence-electron chi connectivity index (χ3n) is 1.30. The summed E-state index contributed by atoms with van der Waals surface area (Å²) in [7, 11) is 0. The summed E-state index contributed by atoms with van der Waals surface area (Å²) in [4.78, 5) is 26.3. The topological polar surface area (TPSA) is 99.3 Å². The molecule has 0 atom stereocenters. The van der Waals surface area contributed by atoms with Crippen LogP contribution in [0, 0.1) is 0 Å². The fourth-order valence-electron chi connectivity index (χ4n) is 0.707. The first-order valence-electron chi connectivity index (χ1n) is 4.26. The second-order valence-electron chi connectivity index (χ2n) is 2.37. The molecule has 0 saturated carbocycles. The van der Waals surface area contributed by atoms with Gasteiger partial charge in [0, 0.05) is 0 Å². The molecule has 0 aliphatic rings. The monoisotopic (exact) mass is 222 g/mol. The van der Waals surface area contributed by atoms with Gasteiger partial charge in [0.25, 0.3) is 0 Å². The summed E-state index contributed by atoms with van der Waals surface area (Å²) in [5.74, 6) is 0. The first kappa shape index (κ1) is 13.9. The highest BCUT2D eigenvalue weighted by molar-refractivity contribution is 5.55. The Morgan fingerprint density at radius 1 is 0.875 bits per heavy atom. The molecule has 0 spiro atoms. The lowest BCUT2D eigenvalue weighted by Gasteiger charge is -1.89. The maximum absolute atomic E-state index is 9.81. The number of carbonyl (C=O) groups excluding carboxylic acids is 2. The third-order valence-corrected chi connectivity index (χ3v) is 1.30. The molecule has 1 aromatic carbocycles. The van der Waals surface area contributed by atoms with Gasteiger partial charge in [0.15, 0.2) is 0 Å². The van der Waals surface area contributed by atoms with Gasteiger partial charge in [-0.05, 0) is 24.3 Å². The average Bonchev–Trinajstić information content (AvgIpc) is 2.33. The molecule has 2 N–H and O–H groups in total. The van der Waals surface area contributed by atoms with E-state index in [4.69, 9.17) is 10.2 Å². The fourth-order valence-corrected chi connectivity index (χ4v) is 0.707. The van der Waals surface area contributed by atoms with Gasteiger partial charge < -0.3 is 10.2 Å². The largest absolute Gasteiger partial charge is 0.394 e. The van der Waals surface area contributed by atoms with E-state index >= 15 is 0 Å². The fraction of sp³-hybridized carbons (Fsp3) is 0.200. The highest BCUT2D eigenvalue weighted by Gasteiger charge is 1.89. The second kappa shape index (κ2) is 9.45. The number of benzene rings is 1. The molecule has 84 valence electrons. The van der Waals surface area contributed by atoms with Crippen molar-refractivity contribution in [2.45, 2.75) is 0 Å². The number of aliphatic imine (C=N–C) groups is 2. The van der Waals surface area contributed by atoms with Crippen molar-refractivity contribution in [1.29, 1.82) is 0 Å². The van der Waals surface area contributed by atoms with Crippen LogP contribution in [0.2, 0.25) is 0 Å². The minimum atomic E-state index is -0.125. The molecule has 0 aliphatic heterocycles. The third kappa shape index (κ3) is 6.37. The van der Waals surface area contributed by atoms with E-state index in [2.05, 4.69) is 9.98 Å². The molecular formula is C10H10N2O4. The summed E-state index contributed by atoms with van der Waals surface area (Å²) in [5, 5.41) is 15.2. The molecule has 0 aliphatic carbocycles. The number of hydrogen-bond acceptors (Lipinski definition) is 6. The molecule has 0 amide bonds. The zero-order valence-corrected chi connectivity index (χ0v) is 8.33. The summed E-state index contributed by atoms with van der Waals surface area (Å²) in [5.41, 5.74) is 0.963. The Morgan fingerprint density at radius 2 is 1.19 bits per heavy atom. The smallest absolute Gasteiger partial charge is 0.240 e. The van der Waals surface area contributed by atoms with Crippen LogP contribution in [0.3, 0.4) is 0 Å². The van der Waals surface area contributed by atoms with Crippen LogP contribution < -0.4 is 0 Å². The van der Waals surface area contributed by atoms with Gasteiger partial charge in [-0.15, -0.1) is 0 Å². The van der Waals surface area contributed by atoms with E-state index in [9.17, 15) is 9.59 Å². The summed E-state index contributed by atoms with van der Waals surface area (Å²) in [6.07, 6.45) is 2.80. The van der Waals surface area contributed by atoms with Crippen LogP contribution in [-0.2, 0) is 9.59 Å². The maximum Gasteiger partial charge on any atom is 0.240 e. The first-order valence-corrected chi connectivity index (χ1v) is 4.26. The highest BCUT2D eigenvalue weighted by Crippen LogP contribution is 2.16. The van der Waals surface area contributed by atoms with Crippen molar-refractivity contribution in [3.63, 3.8) is 0 Å². The van der Waals surface area contributed by atoms with Crippen molar-refractivity contribution in [2.24, 2.45) is 9.98 Å². The predicted octanol–water partition coefficient (Wildman–Crippen LogP) is 0.592. The van der Waals surface area contributed by atoms with Crippen LogP contribution in [-0.4, -0.2) is 35.6 Å². The molecule has 1 rings (SSSR count). The van der Waals surface area contributed by atoms with Crippen LogP contribution in [0.25, 0.3) is 0 Å². The minimum absolute atomic E-state index is 0.125. The van der Waals surface area contributed by atoms with Crippen molar-refractivity contribution >= 4 is 23.5 Å². The lowest BCUT2D eigenvalue weighted by atomic mass is 10.3. The number of nitrogens with zero attached hydrogens (tertiary/aromatic N) is 2. The molecule has 6 nitrogen and oxygen atoms in total. The molecule has 0 heterocycles. The SMILES string of the molecule is O=C=Nc1ccc(N=C=O)cc1.OCCO. The summed E-state index contributed by atoms with van der Waals surface area (Å²) < 4.78 is 0. The van der Waals surface area contributed by atoms with Gasteiger partial charge in [-0.2, -0.15) is 9.98 Å². The standard InChI is InChI=1S/C8H4N2O2.C2H6O2/c11-5-9-7-1-2-8(4-3-7)10-6-12;3-1-2-4/h1-4H;3-4H,1-2H2. The zero-order valence-electron chi connectivity index (χ0n) is 8.33. The number of hydrogen-bond donors (Lipinski definition) is 2. The Hall–Kier alpha value is -2.10. The van der Waals surface area contributed by atoms with Gasteiger partial charge >= 0.3 is 0 Å². The Bertz CT molecular complexity index is 351. The van der Waals surface area contributed by atoms with Crippen molar-refractivity contribution in [1.82, 2.24) is 0 Å². The molecule has 0 saturated heterocycles. The molecule has 0 fully saturated rings. The summed E-state index contributed by atoms with van der Waals surface area (Å²) in [6, 6.07) is 6.23. The van der Waals surface area contributed by atoms with Gasteiger partial charge in [-0.1, -0.05) is 0 Å². The highest BCUT2D eigenvalue weighted by atomic mass is 16.3. The number of isocyanates is 2. The van der Waals surface area contributed by atoms with E-state index < -0.39 is 0 Å². The summed E-state index contributed by atoms with van der Waals surface area (Å²) in [6.45, 7) is -0.250. The van der Waals surface area contributed by atoms with Crippen molar-refractivity contribution in [2.75, 3.05) is 13.2 Å². The molecule has 0 radical (unpaired) electrons. The van der Waals surface area contributed by atoms with Crippen LogP contribution >= 0.6 is 0 Å². The van der Waals surface area contributed by atoms with Gasteiger partial charge in [0.2, 0.25) is 12.2 Å². The van der Waals surface area contributed by atoms with Gasteiger partial charge in [0.05, 0.1) is 24.6 Å². The molecule has 16 heavy (non-hydrogen) atoms. The van der Waals surface area contributed by atoms with Crippen LogP contribution in [0.5, 0.6) is 0 Å². The lowest BCUT2D eigenvalue weighted by Crippen LogP contribution is -1.85. The number of aliphatic hydroxyl groups excluding tert-OH is 2. The zero-order chi connectivity index (χ0) is 12.2. The van der Waals surface area contributed by atoms with Crippen molar-refractivity contribution < 1.29 is 19.8 Å². The first-order chi connectivity index (χ1) is 7.78. The number of aliphatic hydroxyl groups is 2. The molecule has 0 unspecified atom stereocenters. The van der Waals surface area contributed by atoms with E-state index in [-0.39, 0.29) is 13.2 Å². The van der Waals surface area contributed by atoms with E-state index in [1.54, 1.807) is 24.3 Å². The molecule has 1 aromatic rings. The van der Waals surface area contributed by atoms with Gasteiger partial charge in [0.1, 0.15) is 0 Å². The van der Waals surface area contributed by atoms with E-state index in [0.29, 0.717) is 11.4 Å². The number of rotatable bonds is 3. The van der Waals surface area contributed by atoms with Crippen LogP contribution in [0.4, 0.5) is 11.4 Å². The average molecular weight is 222 g/mol. The second-order valence-corrected chi connectivity index (χ2v) is 2.37. The molecular weight excluding hydrogens is 212 g/mol. The van der Waals surface area contributed by atoms with Crippen LogP contribution in [0.1, 0.15) is 0 Å². The van der Waals surface area contributed by atoms with Crippen LogP contribution in [0.15, 0.2) is 34.3 Å². The summed E-state index contributed by atoms with van der Waals surface area (Å²) >= 11 is 0. The molecule has 0 aromatic heterocycles. The maximum atomic E-state index is 9.81. The predicted molar refractivity (Wildman–Crippen MR) is 56.2 cm³/mol. The molecule has 6 heteroatoms. The Labute approximate surface area is 91.6 Å². The molecule has 0 bridgehead atoms. The Balaban J connectivity index is 0.000000487. The lowest BCUT2D eigenvalue weighted by molar-refractivity contribution is 0.186. The Morgan fingerprint density at radius 3 is 1.38 bits per heavy atom. The Kier molecular flexibility index (Phi) is 8.21. The van der Waals surface area contributed by atoms with E-state index in [0.717, 1.165) is 0 Å². The van der Waals surface area contributed by atoms with E-state index in [1.165, 1.54) is 12.2 Å². The van der Waals surface area contributed by atoms with Gasteiger partial charge in [-0.25, -0.2) is 9.59 Å².